The van der Waals surface area contributed by atoms with Crippen molar-refractivity contribution >= 4 is 29.1 Å². The molecule has 1 saturated heterocycles. The third-order valence-electron chi connectivity index (χ3n) is 7.62. The Morgan fingerprint density at radius 3 is 2.35 bits per heavy atom. The molecule has 8 heteroatoms. The van der Waals surface area contributed by atoms with Crippen LogP contribution >= 0.6 is 23.2 Å². The lowest BCUT2D eigenvalue weighted by atomic mass is 9.67. The molecule has 5 atom stereocenters. The van der Waals surface area contributed by atoms with Gasteiger partial charge in [0.15, 0.2) is 5.60 Å². The van der Waals surface area contributed by atoms with Gasteiger partial charge in [-0.05, 0) is 74.4 Å². The quantitative estimate of drug-likeness (QED) is 0.315. The summed E-state index contributed by atoms with van der Waals surface area (Å²) >= 11 is 12.5. The number of halogens is 5. The fraction of sp³-hybridized carbons (Fsp3) is 0.483. The molecular formula is C29H34Cl2F3NO2. The van der Waals surface area contributed by atoms with E-state index in [1.54, 1.807) is 29.2 Å². The van der Waals surface area contributed by atoms with E-state index in [1.807, 2.05) is 44.2 Å². The molecule has 1 fully saturated rings. The Bertz CT molecular complexity index is 1100. The van der Waals surface area contributed by atoms with Crippen molar-refractivity contribution < 1.29 is 23.1 Å². The van der Waals surface area contributed by atoms with Gasteiger partial charge < -0.3 is 10.0 Å². The summed E-state index contributed by atoms with van der Waals surface area (Å²) in [5.41, 5.74) is -1.88. The molecule has 2 aromatic rings. The average molecular weight is 556 g/mol. The monoisotopic (exact) mass is 555 g/mol. The van der Waals surface area contributed by atoms with Gasteiger partial charge in [-0.25, -0.2) is 0 Å². The van der Waals surface area contributed by atoms with Crippen LogP contribution in [0.1, 0.15) is 76.0 Å². The first-order chi connectivity index (χ1) is 17.2. The first-order valence-electron chi connectivity index (χ1n) is 12.5. The molecule has 0 aromatic heterocycles. The molecular weight excluding hydrogens is 522 g/mol. The molecule has 1 amide bonds. The molecule has 37 heavy (non-hydrogen) atoms. The molecule has 2 aromatic carbocycles. The summed E-state index contributed by atoms with van der Waals surface area (Å²) in [6.07, 6.45) is -2.23. The van der Waals surface area contributed by atoms with Gasteiger partial charge in [0, 0.05) is 22.0 Å². The Balaban J connectivity index is 2.16. The van der Waals surface area contributed by atoms with Crippen molar-refractivity contribution in [2.24, 2.45) is 5.41 Å². The Kier molecular flexibility index (Phi) is 9.09. The lowest BCUT2D eigenvalue weighted by Crippen LogP contribution is -2.56. The van der Waals surface area contributed by atoms with Crippen LogP contribution in [0, 0.1) is 5.41 Å². The minimum atomic E-state index is -4.77. The summed E-state index contributed by atoms with van der Waals surface area (Å²) in [5.74, 6) is -0.316. The number of carbonyl (C=O) groups is 1. The molecule has 1 N–H and O–H groups in total. The van der Waals surface area contributed by atoms with E-state index in [9.17, 15) is 23.1 Å². The minimum Gasteiger partial charge on any atom is -0.381 e. The van der Waals surface area contributed by atoms with Crippen molar-refractivity contribution in [3.8, 4) is 0 Å². The van der Waals surface area contributed by atoms with Crippen LogP contribution in [0.25, 0.3) is 0 Å². The molecule has 2 unspecified atom stereocenters. The predicted octanol–water partition coefficient (Wildman–Crippen LogP) is 8.51. The Morgan fingerprint density at radius 2 is 1.81 bits per heavy atom. The first kappa shape index (κ1) is 29.5. The van der Waals surface area contributed by atoms with Crippen LogP contribution in [0.3, 0.4) is 0 Å². The Labute approximate surface area is 227 Å². The van der Waals surface area contributed by atoms with Crippen LogP contribution in [0.2, 0.25) is 10.0 Å². The van der Waals surface area contributed by atoms with Gasteiger partial charge in [0.1, 0.15) is 0 Å². The van der Waals surface area contributed by atoms with Gasteiger partial charge in [0.25, 0.3) is 0 Å². The van der Waals surface area contributed by atoms with Gasteiger partial charge in [-0.1, -0.05) is 67.4 Å². The van der Waals surface area contributed by atoms with Crippen molar-refractivity contribution in [1.29, 1.82) is 0 Å². The molecule has 3 rings (SSSR count). The number of hydrogen-bond acceptors (Lipinski definition) is 2. The summed E-state index contributed by atoms with van der Waals surface area (Å²) < 4.78 is 40.4. The summed E-state index contributed by atoms with van der Waals surface area (Å²) in [6.45, 7) is 8.38. The zero-order valence-electron chi connectivity index (χ0n) is 21.4. The number of benzene rings is 2. The number of rotatable bonds is 9. The van der Waals surface area contributed by atoms with Crippen LogP contribution in [-0.2, 0) is 4.79 Å². The van der Waals surface area contributed by atoms with E-state index in [2.05, 4.69) is 6.58 Å². The summed E-state index contributed by atoms with van der Waals surface area (Å²) in [4.78, 5) is 16.0. The number of carbonyl (C=O) groups excluding carboxylic acids is 1. The molecule has 0 bridgehead atoms. The largest absolute Gasteiger partial charge is 0.416 e. The van der Waals surface area contributed by atoms with Crippen LogP contribution in [0.15, 0.2) is 61.2 Å². The van der Waals surface area contributed by atoms with Crippen molar-refractivity contribution in [1.82, 2.24) is 4.90 Å². The van der Waals surface area contributed by atoms with Gasteiger partial charge >= 0.3 is 6.18 Å². The number of alkyl halides is 3. The molecule has 0 aliphatic carbocycles. The second kappa shape index (κ2) is 11.4. The maximum Gasteiger partial charge on any atom is 0.416 e. The summed E-state index contributed by atoms with van der Waals surface area (Å²) in [6, 6.07) is 13.7. The van der Waals surface area contributed by atoms with E-state index >= 15 is 0 Å². The second-order valence-electron chi connectivity index (χ2n) is 10.5. The standard InChI is InChI=1S/C29H34Cl2F3NO2/c1-5-15-27(3)18-24(20-8-7-9-22(31)17-20)25(19-10-12-21(30)13-11-19)35(26(27)36)23(6-2)14-16-28(4,37)29(32,33)34/h5,7-13,17,23-25,37H,1,6,14-16,18H2,2-4H3/t23-,24?,25?,27-,28-/m0/s1. The topological polar surface area (TPSA) is 40.5 Å². The highest BCUT2D eigenvalue weighted by Crippen LogP contribution is 2.53. The minimum absolute atomic E-state index is 0.00866. The fourth-order valence-electron chi connectivity index (χ4n) is 5.42. The van der Waals surface area contributed by atoms with Gasteiger partial charge in [0.2, 0.25) is 5.91 Å². The van der Waals surface area contributed by atoms with Crippen LogP contribution in [0.4, 0.5) is 13.2 Å². The van der Waals surface area contributed by atoms with Crippen molar-refractivity contribution in [3.05, 3.63) is 82.4 Å². The third kappa shape index (κ3) is 6.35. The van der Waals surface area contributed by atoms with Crippen molar-refractivity contribution in [3.63, 3.8) is 0 Å². The molecule has 1 aliphatic rings. The second-order valence-corrected chi connectivity index (χ2v) is 11.4. The molecule has 0 spiro atoms. The van der Waals surface area contributed by atoms with Gasteiger partial charge in [-0.3, -0.25) is 4.79 Å². The number of nitrogens with zero attached hydrogens (tertiary/aromatic N) is 1. The molecule has 0 radical (unpaired) electrons. The maximum absolute atomic E-state index is 14.2. The Morgan fingerprint density at radius 1 is 1.16 bits per heavy atom. The van der Waals surface area contributed by atoms with Crippen LogP contribution < -0.4 is 0 Å². The third-order valence-corrected chi connectivity index (χ3v) is 8.11. The average Bonchev–Trinajstić information content (AvgIpc) is 2.82. The van der Waals surface area contributed by atoms with E-state index in [0.717, 1.165) is 18.1 Å². The van der Waals surface area contributed by atoms with Crippen LogP contribution in [-0.4, -0.2) is 33.7 Å². The highest BCUT2D eigenvalue weighted by atomic mass is 35.5. The lowest BCUT2D eigenvalue weighted by Gasteiger charge is -2.52. The zero-order chi connectivity index (χ0) is 27.6. The number of likely N-dealkylation sites (tertiary alicyclic amines) is 1. The number of piperidine rings is 1. The van der Waals surface area contributed by atoms with Crippen molar-refractivity contribution in [2.45, 2.75) is 82.7 Å². The van der Waals surface area contributed by atoms with E-state index in [0.29, 0.717) is 29.3 Å². The van der Waals surface area contributed by atoms with E-state index in [-0.39, 0.29) is 18.2 Å². The smallest absolute Gasteiger partial charge is 0.381 e. The lowest BCUT2D eigenvalue weighted by molar-refractivity contribution is -0.256. The first-order valence-corrected chi connectivity index (χ1v) is 13.2. The summed E-state index contributed by atoms with van der Waals surface area (Å²) in [5, 5.41) is 11.3. The van der Waals surface area contributed by atoms with Crippen molar-refractivity contribution in [2.75, 3.05) is 0 Å². The van der Waals surface area contributed by atoms with Gasteiger partial charge in [0.05, 0.1) is 11.5 Å². The Hall–Kier alpha value is -2.02. The summed E-state index contributed by atoms with van der Waals surface area (Å²) in [7, 11) is 0. The molecule has 3 nitrogen and oxygen atoms in total. The maximum atomic E-state index is 14.2. The van der Waals surface area contributed by atoms with E-state index < -0.39 is 35.7 Å². The predicted molar refractivity (Wildman–Crippen MR) is 143 cm³/mol. The normalized spacial score (nSPS) is 25.0. The molecule has 0 saturated carbocycles. The van der Waals surface area contributed by atoms with Gasteiger partial charge in [-0.2, -0.15) is 13.2 Å². The zero-order valence-corrected chi connectivity index (χ0v) is 22.9. The number of hydrogen-bond donors (Lipinski definition) is 1. The number of amides is 1. The molecule has 1 aliphatic heterocycles. The molecule has 1 heterocycles. The molecule has 202 valence electrons. The SMILES string of the molecule is C=CC[C@@]1(C)CC(c2cccc(Cl)c2)C(c2ccc(Cl)cc2)N([C@@H](CC)CC[C@](C)(O)C(F)(F)F)C1=O. The number of allylic oxidation sites excluding steroid dienone is 1. The van der Waals surface area contributed by atoms with Gasteiger partial charge in [-0.15, -0.1) is 6.58 Å². The van der Waals surface area contributed by atoms with E-state index in [1.165, 1.54) is 0 Å². The van der Waals surface area contributed by atoms with E-state index in [4.69, 9.17) is 23.2 Å². The highest BCUT2D eigenvalue weighted by molar-refractivity contribution is 6.30. The van der Waals surface area contributed by atoms with Crippen LogP contribution in [0.5, 0.6) is 0 Å². The highest BCUT2D eigenvalue weighted by Gasteiger charge is 2.53. The fourth-order valence-corrected chi connectivity index (χ4v) is 5.74. The number of aliphatic hydroxyl groups is 1.